The van der Waals surface area contributed by atoms with Crippen LogP contribution in [0.15, 0.2) is 66.9 Å². The molecule has 3 aromatic rings. The van der Waals surface area contributed by atoms with Crippen molar-refractivity contribution in [2.75, 3.05) is 13.2 Å². The number of hydrogen-bond donors (Lipinski definition) is 2. The van der Waals surface area contributed by atoms with Gasteiger partial charge in [-0.15, -0.1) is 0 Å². The lowest BCUT2D eigenvalue weighted by Gasteiger charge is -2.36. The van der Waals surface area contributed by atoms with Crippen molar-refractivity contribution in [2.24, 2.45) is 0 Å². The molecule has 36 heavy (non-hydrogen) atoms. The van der Waals surface area contributed by atoms with Crippen LogP contribution in [0.5, 0.6) is 0 Å². The van der Waals surface area contributed by atoms with Crippen molar-refractivity contribution in [3.63, 3.8) is 0 Å². The zero-order valence-electron chi connectivity index (χ0n) is 19.1. The normalized spacial score (nSPS) is 16.2. The summed E-state index contributed by atoms with van der Waals surface area (Å²) in [6.07, 6.45) is -2.27. The van der Waals surface area contributed by atoms with E-state index in [4.69, 9.17) is 16.3 Å². The molecule has 10 heteroatoms. The van der Waals surface area contributed by atoms with Crippen LogP contribution in [0.4, 0.5) is 22.4 Å². The summed E-state index contributed by atoms with van der Waals surface area (Å²) in [5, 5.41) is 6.02. The van der Waals surface area contributed by atoms with E-state index in [0.29, 0.717) is 42.7 Å². The van der Waals surface area contributed by atoms with Crippen molar-refractivity contribution >= 4 is 17.6 Å². The average molecular weight is 522 g/mol. The van der Waals surface area contributed by atoms with Crippen molar-refractivity contribution in [3.8, 4) is 0 Å². The maximum absolute atomic E-state index is 14.6. The zero-order valence-corrected chi connectivity index (χ0v) is 19.9. The van der Waals surface area contributed by atoms with Gasteiger partial charge in [-0.25, -0.2) is 9.18 Å². The van der Waals surface area contributed by atoms with E-state index in [2.05, 4.69) is 15.6 Å². The number of carbonyl (C=O) groups excluding carboxylic acids is 1. The lowest BCUT2D eigenvalue weighted by molar-refractivity contribution is -0.137. The number of alkyl halides is 3. The molecule has 1 aliphatic rings. The minimum absolute atomic E-state index is 0.00439. The molecule has 1 atom stereocenters. The molecular weight excluding hydrogens is 498 g/mol. The summed E-state index contributed by atoms with van der Waals surface area (Å²) >= 11 is 6.03. The average Bonchev–Trinajstić information content (AvgIpc) is 2.84. The standard InChI is InChI=1S/C26H24ClF4N3O2/c27-20-6-7-23(32-16-20)25(15-17-4-2-1-3-5-17,34-24(35)33-22-8-10-36-11-9-22)18-12-19(26(29,30)31)14-21(28)13-18/h1-7,12-14,16,22H,8-11,15H2,(H2,33,34,35). The molecule has 1 saturated heterocycles. The number of ether oxygens (including phenoxy) is 1. The first-order valence-electron chi connectivity index (χ1n) is 11.4. The summed E-state index contributed by atoms with van der Waals surface area (Å²) in [6, 6.07) is 13.4. The number of carbonyl (C=O) groups is 1. The molecule has 190 valence electrons. The van der Waals surface area contributed by atoms with Crippen LogP contribution in [0.3, 0.4) is 0 Å². The van der Waals surface area contributed by atoms with Crippen molar-refractivity contribution in [3.05, 3.63) is 100 Å². The molecule has 2 aromatic carbocycles. The van der Waals surface area contributed by atoms with Gasteiger partial charge >= 0.3 is 12.2 Å². The van der Waals surface area contributed by atoms with Gasteiger partial charge < -0.3 is 15.4 Å². The first kappa shape index (κ1) is 25.9. The van der Waals surface area contributed by atoms with Crippen LogP contribution in [0.25, 0.3) is 0 Å². The zero-order chi connectivity index (χ0) is 25.8. The highest BCUT2D eigenvalue weighted by Crippen LogP contribution is 2.38. The maximum atomic E-state index is 14.6. The van der Waals surface area contributed by atoms with Crippen LogP contribution in [-0.4, -0.2) is 30.3 Å². The van der Waals surface area contributed by atoms with Gasteiger partial charge in [0, 0.05) is 31.9 Å². The lowest BCUT2D eigenvalue weighted by Crippen LogP contribution is -2.55. The summed E-state index contributed by atoms with van der Waals surface area (Å²) in [5.74, 6) is -1.09. The van der Waals surface area contributed by atoms with Crippen molar-refractivity contribution in [2.45, 2.75) is 37.0 Å². The Kier molecular flexibility index (Phi) is 7.80. The third-order valence-electron chi connectivity index (χ3n) is 6.08. The molecule has 1 aromatic heterocycles. The van der Waals surface area contributed by atoms with Crippen LogP contribution in [0.2, 0.25) is 5.02 Å². The molecule has 1 unspecified atom stereocenters. The number of hydrogen-bond acceptors (Lipinski definition) is 3. The van der Waals surface area contributed by atoms with Crippen LogP contribution >= 0.6 is 11.6 Å². The van der Waals surface area contributed by atoms with Crippen LogP contribution in [0.1, 0.15) is 35.2 Å². The SMILES string of the molecule is O=C(NC1CCOCC1)NC(Cc1ccccc1)(c1cc(F)cc(C(F)(F)F)c1)c1ccc(Cl)cn1. The van der Waals surface area contributed by atoms with Gasteiger partial charge in [0.25, 0.3) is 0 Å². The summed E-state index contributed by atoms with van der Waals surface area (Å²) in [5.41, 5.74) is -2.02. The van der Waals surface area contributed by atoms with Gasteiger partial charge in [-0.1, -0.05) is 41.9 Å². The highest BCUT2D eigenvalue weighted by atomic mass is 35.5. The molecule has 0 aliphatic carbocycles. The Bertz CT molecular complexity index is 1190. The fourth-order valence-corrected chi connectivity index (χ4v) is 4.42. The van der Waals surface area contributed by atoms with E-state index >= 15 is 0 Å². The number of benzene rings is 2. The Hall–Kier alpha value is -3.17. The Morgan fingerprint density at radius 3 is 2.36 bits per heavy atom. The second-order valence-electron chi connectivity index (χ2n) is 8.64. The van der Waals surface area contributed by atoms with Gasteiger partial charge in [-0.3, -0.25) is 4.98 Å². The quantitative estimate of drug-likeness (QED) is 0.400. The highest BCUT2D eigenvalue weighted by Gasteiger charge is 2.41. The number of nitrogens with zero attached hydrogens (tertiary/aromatic N) is 1. The Morgan fingerprint density at radius 2 is 1.72 bits per heavy atom. The van der Waals surface area contributed by atoms with Crippen LogP contribution in [0, 0.1) is 5.82 Å². The number of aromatic nitrogens is 1. The third-order valence-corrected chi connectivity index (χ3v) is 6.30. The first-order chi connectivity index (χ1) is 17.2. The van der Waals surface area contributed by atoms with Gasteiger partial charge in [0.1, 0.15) is 11.4 Å². The largest absolute Gasteiger partial charge is 0.416 e. The molecule has 4 rings (SSSR count). The van der Waals surface area contributed by atoms with Gasteiger partial charge in [-0.2, -0.15) is 13.2 Å². The fourth-order valence-electron chi connectivity index (χ4n) is 4.31. The highest BCUT2D eigenvalue weighted by molar-refractivity contribution is 6.30. The van der Waals surface area contributed by atoms with E-state index in [9.17, 15) is 22.4 Å². The Balaban J connectivity index is 1.86. The molecule has 2 heterocycles. The Morgan fingerprint density at radius 1 is 1.03 bits per heavy atom. The molecule has 5 nitrogen and oxygen atoms in total. The smallest absolute Gasteiger partial charge is 0.381 e. The summed E-state index contributed by atoms with van der Waals surface area (Å²) in [4.78, 5) is 17.6. The molecule has 0 radical (unpaired) electrons. The second-order valence-corrected chi connectivity index (χ2v) is 9.08. The number of nitrogens with one attached hydrogen (secondary N) is 2. The first-order valence-corrected chi connectivity index (χ1v) is 11.7. The van der Waals surface area contributed by atoms with Gasteiger partial charge in [0.05, 0.1) is 16.3 Å². The molecule has 0 spiro atoms. The predicted molar refractivity (Wildman–Crippen MR) is 127 cm³/mol. The molecule has 0 saturated carbocycles. The predicted octanol–water partition coefficient (Wildman–Crippen LogP) is 5.86. The second kappa shape index (κ2) is 10.8. The minimum Gasteiger partial charge on any atom is -0.381 e. The van der Waals surface area contributed by atoms with E-state index in [1.54, 1.807) is 30.3 Å². The van der Waals surface area contributed by atoms with Crippen molar-refractivity contribution < 1.29 is 27.1 Å². The number of amides is 2. The fraction of sp³-hybridized carbons (Fsp3) is 0.308. The summed E-state index contributed by atoms with van der Waals surface area (Å²) in [6.45, 7) is 0.968. The van der Waals surface area contributed by atoms with E-state index in [0.717, 1.165) is 12.1 Å². The monoisotopic (exact) mass is 521 g/mol. The van der Waals surface area contributed by atoms with Crippen molar-refractivity contribution in [1.82, 2.24) is 15.6 Å². The molecular formula is C26H24ClF4N3O2. The van der Waals surface area contributed by atoms with Gasteiger partial charge in [-0.05, 0) is 54.3 Å². The molecule has 0 bridgehead atoms. The number of halogens is 5. The maximum Gasteiger partial charge on any atom is 0.416 e. The summed E-state index contributed by atoms with van der Waals surface area (Å²) < 4.78 is 61.0. The molecule has 2 N–H and O–H groups in total. The van der Waals surface area contributed by atoms with E-state index < -0.39 is 29.1 Å². The number of urea groups is 1. The lowest BCUT2D eigenvalue weighted by atomic mass is 9.79. The van der Waals surface area contributed by atoms with Crippen molar-refractivity contribution in [1.29, 1.82) is 0 Å². The number of rotatable bonds is 6. The molecule has 1 fully saturated rings. The van der Waals surface area contributed by atoms with Crippen LogP contribution in [-0.2, 0) is 22.9 Å². The molecule has 1 aliphatic heterocycles. The number of pyridine rings is 1. The van der Waals surface area contributed by atoms with Gasteiger partial charge in [0.2, 0.25) is 0 Å². The van der Waals surface area contributed by atoms with E-state index in [1.807, 2.05) is 0 Å². The minimum atomic E-state index is -4.80. The summed E-state index contributed by atoms with van der Waals surface area (Å²) in [7, 11) is 0. The third kappa shape index (κ3) is 6.14. The topological polar surface area (TPSA) is 63.2 Å². The molecule has 2 amide bonds. The van der Waals surface area contributed by atoms with Crippen LogP contribution < -0.4 is 10.6 Å². The van der Waals surface area contributed by atoms with E-state index in [-0.39, 0.29) is 23.7 Å². The van der Waals surface area contributed by atoms with Gasteiger partial charge in [0.15, 0.2) is 0 Å². The van der Waals surface area contributed by atoms with E-state index in [1.165, 1.54) is 18.3 Å². The Labute approximate surface area is 210 Å².